The molecule has 248 valence electrons. The Labute approximate surface area is 253 Å². The first-order chi connectivity index (χ1) is 20.0. The molecule has 1 N–H and O–H groups in total. The van der Waals surface area contributed by atoms with Gasteiger partial charge in [-0.05, 0) is 70.2 Å². The first kappa shape index (κ1) is 38.8. The third kappa shape index (κ3) is 12.8. The maximum Gasteiger partial charge on any atom is 0.480 e. The number of hydrogen-bond acceptors (Lipinski definition) is 6. The van der Waals surface area contributed by atoms with Gasteiger partial charge >= 0.3 is 17.1 Å². The maximum absolute atomic E-state index is 12.2. The first-order valence-electron chi connectivity index (χ1n) is 13.0. The average Bonchev–Trinajstić information content (AvgIpc) is 2.86. The van der Waals surface area contributed by atoms with Gasteiger partial charge < -0.3 is 14.2 Å². The van der Waals surface area contributed by atoms with Gasteiger partial charge in [-0.15, -0.1) is 0 Å². The third-order valence-electron chi connectivity index (χ3n) is 5.82. The number of halogens is 6. The van der Waals surface area contributed by atoms with Crippen LogP contribution in [0.1, 0.15) is 63.1 Å². The summed E-state index contributed by atoms with van der Waals surface area (Å²) in [7, 11) is -13.4. The minimum Gasteiger partial charge on any atom is -0.450 e. The van der Waals surface area contributed by atoms with Crippen molar-refractivity contribution in [1.82, 2.24) is 5.32 Å². The van der Waals surface area contributed by atoms with Gasteiger partial charge in [0.1, 0.15) is 6.54 Å². The Morgan fingerprint density at radius 3 is 2.02 bits per heavy atom. The van der Waals surface area contributed by atoms with Crippen molar-refractivity contribution in [1.29, 1.82) is 0 Å². The highest BCUT2D eigenvalue weighted by Crippen LogP contribution is 2.36. The van der Waals surface area contributed by atoms with E-state index in [4.69, 9.17) is 4.74 Å². The summed E-state index contributed by atoms with van der Waals surface area (Å²) in [4.78, 5) is 12.2. The molecule has 0 saturated carbocycles. The topological polar surface area (TPSA) is 125 Å². The summed E-state index contributed by atoms with van der Waals surface area (Å²) in [5.74, 6) is 0. The largest absolute Gasteiger partial charge is 0.480 e. The Kier molecular flexibility index (Phi) is 13.9. The molecule has 2 aromatic rings. The van der Waals surface area contributed by atoms with E-state index in [0.717, 1.165) is 53.1 Å². The molecule has 44 heavy (non-hydrogen) atoms. The number of rotatable bonds is 12. The Bertz CT molecular complexity index is 1450. The van der Waals surface area contributed by atoms with Crippen LogP contribution < -0.4 is 9.88 Å². The molecule has 0 unspecified atom stereocenters. The first-order valence-corrected chi connectivity index (χ1v) is 15.9. The lowest BCUT2D eigenvalue weighted by molar-refractivity contribution is -0.697. The highest BCUT2D eigenvalue weighted by atomic mass is 32.3. The smallest absolute Gasteiger partial charge is 0.450 e. The van der Waals surface area contributed by atoms with Gasteiger partial charge in [0.05, 0.1) is 12.1 Å². The van der Waals surface area contributed by atoms with Gasteiger partial charge in [-0.2, -0.15) is 26.3 Å². The predicted molar refractivity (Wildman–Crippen MR) is 152 cm³/mol. The van der Waals surface area contributed by atoms with Crippen molar-refractivity contribution < 1.29 is 57.3 Å². The van der Waals surface area contributed by atoms with Crippen LogP contribution in [0.4, 0.5) is 31.1 Å². The maximum atomic E-state index is 12.2. The summed E-state index contributed by atoms with van der Waals surface area (Å²) in [6, 6.07) is 12.3. The molecule has 1 aromatic heterocycles. The number of carbonyl (C=O) groups is 1. The van der Waals surface area contributed by atoms with Crippen LogP contribution in [0.5, 0.6) is 0 Å². The van der Waals surface area contributed by atoms with E-state index >= 15 is 0 Å². The lowest BCUT2D eigenvalue weighted by atomic mass is 9.92. The molecule has 2 rings (SSSR count). The van der Waals surface area contributed by atoms with Crippen LogP contribution in [0.25, 0.3) is 9.70 Å². The van der Waals surface area contributed by atoms with E-state index < -0.39 is 36.6 Å². The molecule has 0 radical (unpaired) electrons. The molecular formula is C27H35F6N3O6S2. The van der Waals surface area contributed by atoms with Gasteiger partial charge in [0.15, 0.2) is 32.4 Å². The van der Waals surface area contributed by atoms with E-state index in [1.54, 1.807) is 0 Å². The van der Waals surface area contributed by atoms with E-state index in [1.807, 2.05) is 39.0 Å². The van der Waals surface area contributed by atoms with Gasteiger partial charge in [-0.25, -0.2) is 26.2 Å². The zero-order chi connectivity index (χ0) is 34.0. The van der Waals surface area contributed by atoms with Gasteiger partial charge in [0.25, 0.3) is 0 Å². The van der Waals surface area contributed by atoms with Gasteiger partial charge in [-0.1, -0.05) is 30.4 Å². The van der Waals surface area contributed by atoms with E-state index in [9.17, 15) is 48.0 Å². The Morgan fingerprint density at radius 1 is 0.932 bits per heavy atom. The molecule has 0 spiro atoms. The van der Waals surface area contributed by atoms with E-state index in [2.05, 4.69) is 54.0 Å². The van der Waals surface area contributed by atoms with Crippen molar-refractivity contribution in [3.8, 4) is 0 Å². The number of sulfonamides is 2. The molecule has 0 bridgehead atoms. The number of alkyl halides is 6. The van der Waals surface area contributed by atoms with E-state index in [1.165, 1.54) is 5.56 Å². The Morgan fingerprint density at radius 2 is 1.50 bits per heavy atom. The van der Waals surface area contributed by atoms with Crippen LogP contribution in [0.3, 0.4) is 0 Å². The Balaban J connectivity index is 0.000000546. The molecule has 0 atom stereocenters. The number of hydrogen-bond donors (Lipinski definition) is 1. The summed E-state index contributed by atoms with van der Waals surface area (Å²) in [5.41, 5.74) is -8.52. The molecule has 0 saturated heterocycles. The van der Waals surface area contributed by atoms with Crippen molar-refractivity contribution in [2.24, 2.45) is 0 Å². The molecule has 0 aliphatic carbocycles. The number of carbonyl (C=O) groups excluding carboxylic acids is 1. The summed E-state index contributed by atoms with van der Waals surface area (Å²) >= 11 is 0. The standard InChI is InChI=1S/C25H34N2O2.C2F6NO4S2/c1-20(2)22-13-10-14-23(18-22)25(4,5)26-24(28)29-17-9-7-6-8-15-27-16-11-12-21(3)19-27;3-1(4,5)14(10,11)9-15(12,13)2(6,7)8/h10-14,16,18-19H,1,6-9,15,17H2,2-5H3;/q;-1/p+1. The highest BCUT2D eigenvalue weighted by Gasteiger charge is 2.47. The number of aromatic nitrogens is 1. The van der Waals surface area contributed by atoms with Crippen molar-refractivity contribution in [3.05, 3.63) is 76.2 Å². The van der Waals surface area contributed by atoms with Crippen LogP contribution >= 0.6 is 0 Å². The van der Waals surface area contributed by atoms with E-state index in [0.29, 0.717) is 6.61 Å². The zero-order valence-corrected chi connectivity index (χ0v) is 26.1. The fourth-order valence-electron chi connectivity index (χ4n) is 3.46. The summed E-state index contributed by atoms with van der Waals surface area (Å²) < 4.78 is 117. The second-order valence-electron chi connectivity index (χ2n) is 10.2. The predicted octanol–water partition coefficient (Wildman–Crippen LogP) is 6.60. The number of pyridine rings is 1. The van der Waals surface area contributed by atoms with Crippen molar-refractivity contribution in [2.75, 3.05) is 6.61 Å². The molecule has 1 heterocycles. The quantitative estimate of drug-likeness (QED) is 0.154. The number of benzene rings is 1. The number of ether oxygens (including phenoxy) is 1. The summed E-state index contributed by atoms with van der Waals surface area (Å²) in [6.45, 7) is 13.5. The highest BCUT2D eigenvalue weighted by molar-refractivity contribution is 8.13. The second-order valence-corrected chi connectivity index (χ2v) is 13.6. The summed E-state index contributed by atoms with van der Waals surface area (Å²) in [5, 5.41) is 2.97. The minimum absolute atomic E-state index is 0.369. The monoisotopic (exact) mass is 675 g/mol. The average molecular weight is 676 g/mol. The van der Waals surface area contributed by atoms with Crippen molar-refractivity contribution in [2.45, 2.75) is 76.5 Å². The van der Waals surface area contributed by atoms with Crippen molar-refractivity contribution >= 4 is 31.7 Å². The molecule has 17 heteroatoms. The number of nitrogens with one attached hydrogen (secondary N) is 1. The zero-order valence-electron chi connectivity index (χ0n) is 24.5. The van der Waals surface area contributed by atoms with Gasteiger partial charge in [-0.3, -0.25) is 0 Å². The van der Waals surface area contributed by atoms with Gasteiger partial charge in [0, 0.05) is 18.1 Å². The number of alkyl carbamates (subject to hydrolysis) is 1. The molecule has 0 fully saturated rings. The fourth-order valence-corrected chi connectivity index (χ4v) is 5.17. The second kappa shape index (κ2) is 15.7. The minimum atomic E-state index is -6.72. The lowest BCUT2D eigenvalue weighted by Crippen LogP contribution is -2.41. The molecule has 0 aliphatic heterocycles. The van der Waals surface area contributed by atoms with Crippen LogP contribution in [-0.4, -0.2) is 40.6 Å². The third-order valence-corrected chi connectivity index (χ3v) is 8.56. The van der Waals surface area contributed by atoms with Crippen LogP contribution in [0.15, 0.2) is 55.4 Å². The van der Waals surface area contributed by atoms with Gasteiger partial charge in [0.2, 0.25) is 0 Å². The van der Waals surface area contributed by atoms with Crippen molar-refractivity contribution in [3.63, 3.8) is 0 Å². The van der Waals surface area contributed by atoms with Crippen LogP contribution in [0.2, 0.25) is 0 Å². The number of unbranched alkanes of at least 4 members (excludes halogenated alkanes) is 3. The number of aryl methyl sites for hydroxylation is 2. The molecular weight excluding hydrogens is 640 g/mol. The Hall–Kier alpha value is -3.18. The number of allylic oxidation sites excluding steroid dienone is 1. The van der Waals surface area contributed by atoms with E-state index in [-0.39, 0.29) is 6.09 Å². The SMILES string of the molecule is C=C(C)c1cccc(C(C)(C)NC(=O)OCCCCCC[n+]2cccc(C)c2)c1.O=S(=O)([N-]S(=O)(=O)C(F)(F)F)C(F)(F)F. The lowest BCUT2D eigenvalue weighted by Gasteiger charge is -2.27. The number of amides is 1. The normalized spacial score (nSPS) is 12.6. The van der Waals surface area contributed by atoms with Crippen LogP contribution in [-0.2, 0) is 36.9 Å². The fraction of sp³-hybridized carbons (Fsp3) is 0.481. The molecule has 9 nitrogen and oxygen atoms in total. The molecule has 1 aromatic carbocycles. The summed E-state index contributed by atoms with van der Waals surface area (Å²) in [6.07, 6.45) is 8.11. The molecule has 1 amide bonds. The number of nitrogens with zero attached hydrogens (tertiary/aromatic N) is 2. The molecule has 0 aliphatic rings. The van der Waals surface area contributed by atoms with Crippen LogP contribution in [0, 0.1) is 6.92 Å².